The third kappa shape index (κ3) is 40.1. The van der Waals surface area contributed by atoms with Gasteiger partial charge in [-0.25, -0.2) is 9.59 Å². The summed E-state index contributed by atoms with van der Waals surface area (Å²) in [6.45, 7) is 18.3. The molecule has 324 valence electrons. The summed E-state index contributed by atoms with van der Waals surface area (Å²) in [6.07, 6.45) is 0.583. The molecule has 19 nitrogen and oxygen atoms in total. The highest BCUT2D eigenvalue weighted by atomic mass is 28.4. The van der Waals surface area contributed by atoms with Gasteiger partial charge in [0.05, 0.1) is 105 Å². The second-order valence-electron chi connectivity index (χ2n) is 11.6. The van der Waals surface area contributed by atoms with Crippen molar-refractivity contribution in [1.29, 1.82) is 0 Å². The van der Waals surface area contributed by atoms with Crippen molar-refractivity contribution in [1.82, 2.24) is 0 Å². The molecule has 0 aliphatic heterocycles. The molecule has 0 unspecified atom stereocenters. The number of esters is 5. The highest BCUT2D eigenvalue weighted by molar-refractivity contribution is 6.64. The Kier molecular flexibility index (Phi) is 37.3. The predicted octanol–water partition coefficient (Wildman–Crippen LogP) is 1.41. The van der Waals surface area contributed by atoms with Crippen molar-refractivity contribution < 1.29 is 90.1 Å². The number of carbonyl (C=O) groups is 6. The van der Waals surface area contributed by atoms with E-state index >= 15 is 0 Å². The topological polar surface area (TPSA) is 233 Å². The number of rotatable bonds is 36. The molecule has 0 aromatic heterocycles. The normalized spacial score (nSPS) is 10.7. The van der Waals surface area contributed by atoms with Gasteiger partial charge in [-0.15, -0.1) is 0 Å². The smallest absolute Gasteiger partial charge is 0.333 e. The van der Waals surface area contributed by atoms with E-state index < -0.39 is 38.4 Å². The molecule has 0 spiro atoms. The van der Waals surface area contributed by atoms with Gasteiger partial charge in [-0.05, 0) is 26.9 Å². The monoisotopic (exact) mass is 826 g/mol. The first-order valence-corrected chi connectivity index (χ1v) is 20.9. The van der Waals surface area contributed by atoms with Gasteiger partial charge in [-0.1, -0.05) is 13.2 Å². The summed E-state index contributed by atoms with van der Waals surface area (Å²) in [5.41, 5.74) is 0.548. The number of aliphatic hydroxyl groups excluding tert-OH is 1. The maximum absolute atomic E-state index is 11.6. The van der Waals surface area contributed by atoms with Gasteiger partial charge in [0.25, 0.3) is 0 Å². The van der Waals surface area contributed by atoms with Gasteiger partial charge in [0.15, 0.2) is 0 Å². The molecular formula is C36H62O19Si. The van der Waals surface area contributed by atoms with Gasteiger partial charge in [0, 0.05) is 17.6 Å². The fourth-order valence-corrected chi connectivity index (χ4v) is 4.54. The number of hydrogen-bond acceptors (Lipinski definition) is 19. The van der Waals surface area contributed by atoms with E-state index in [1.54, 1.807) is 0 Å². The second kappa shape index (κ2) is 38.3. The molecule has 0 aromatic carbocycles. The Labute approximate surface area is 330 Å². The van der Waals surface area contributed by atoms with E-state index in [1.165, 1.54) is 13.8 Å². The van der Waals surface area contributed by atoms with Crippen LogP contribution < -0.4 is 0 Å². The maximum atomic E-state index is 11.6. The second-order valence-corrected chi connectivity index (χ2v) is 15.0. The van der Waals surface area contributed by atoms with E-state index in [0.717, 1.165) is 0 Å². The van der Waals surface area contributed by atoms with Gasteiger partial charge in [0.1, 0.15) is 39.3 Å². The van der Waals surface area contributed by atoms with Crippen LogP contribution in [0.25, 0.3) is 0 Å². The van der Waals surface area contributed by atoms with Gasteiger partial charge < -0.3 is 66.1 Å². The summed E-state index contributed by atoms with van der Waals surface area (Å²) >= 11 is 0. The van der Waals surface area contributed by atoms with E-state index in [0.29, 0.717) is 77.9 Å². The zero-order chi connectivity index (χ0) is 42.3. The molecular weight excluding hydrogens is 764 g/mol. The molecule has 0 aliphatic rings. The van der Waals surface area contributed by atoms with Crippen molar-refractivity contribution in [3.8, 4) is 0 Å². The van der Waals surface area contributed by atoms with Crippen LogP contribution in [-0.2, 0) is 85.0 Å². The summed E-state index contributed by atoms with van der Waals surface area (Å²) < 4.78 is 62.1. The first-order valence-electron chi connectivity index (χ1n) is 18.1. The lowest BCUT2D eigenvalue weighted by Gasteiger charge is -2.22. The minimum atomic E-state index is -2.20. The minimum Gasteiger partial charge on any atom is -0.463 e. The molecule has 0 aliphatic carbocycles. The number of ether oxygens (including phenoxy) is 10. The van der Waals surface area contributed by atoms with E-state index in [9.17, 15) is 28.8 Å². The largest absolute Gasteiger partial charge is 0.463 e. The van der Waals surface area contributed by atoms with Crippen LogP contribution in [0, 0.1) is 0 Å². The lowest BCUT2D eigenvalue weighted by atomic mass is 10.3. The molecule has 0 heterocycles. The first-order chi connectivity index (χ1) is 26.8. The Bertz CT molecular complexity index is 1110. The molecule has 0 radical (unpaired) electrons. The van der Waals surface area contributed by atoms with Crippen LogP contribution in [0.2, 0.25) is 13.1 Å². The standard InChI is InChI=1S/C26H48O14Si.C10H14O5/c1-23(2)26(30)38-21-20-37-25(29)6-5-24(28)36-19-17-34-15-13-32-11-9-31-10-12-33-14-16-35-18-22-40-41(3,4)39-8-7-27;1-8(2)10(13)15-7-6-14-9(12)4-3-5-11/h27H,1,5-22H2,2-4H3;5H,1,3-4,6-7H2,2H3. The molecule has 1 N–H and O–H groups in total. The molecule has 0 aromatic rings. The van der Waals surface area contributed by atoms with Crippen LogP contribution >= 0.6 is 0 Å². The molecule has 0 saturated carbocycles. The molecule has 20 heteroatoms. The van der Waals surface area contributed by atoms with Crippen LogP contribution in [0.1, 0.15) is 39.5 Å². The summed E-state index contributed by atoms with van der Waals surface area (Å²) in [4.78, 5) is 66.0. The fraction of sp³-hybridized carbons (Fsp3) is 0.722. The molecule has 56 heavy (non-hydrogen) atoms. The zero-order valence-corrected chi connectivity index (χ0v) is 34.3. The van der Waals surface area contributed by atoms with Crippen molar-refractivity contribution in [3.05, 3.63) is 24.3 Å². The third-order valence-electron chi connectivity index (χ3n) is 6.05. The van der Waals surface area contributed by atoms with Crippen LogP contribution in [-0.4, -0.2) is 169 Å². The van der Waals surface area contributed by atoms with Crippen LogP contribution in [0.5, 0.6) is 0 Å². The Morgan fingerprint density at radius 3 is 1.14 bits per heavy atom. The average Bonchev–Trinajstić information content (AvgIpc) is 3.16. The van der Waals surface area contributed by atoms with Gasteiger partial charge >= 0.3 is 38.4 Å². The van der Waals surface area contributed by atoms with Gasteiger partial charge in [0.2, 0.25) is 0 Å². The number of aldehydes is 1. The first kappa shape index (κ1) is 54.5. The summed E-state index contributed by atoms with van der Waals surface area (Å²) in [5.74, 6) is -2.68. The summed E-state index contributed by atoms with van der Waals surface area (Å²) in [6, 6.07) is 0. The third-order valence-corrected chi connectivity index (χ3v) is 7.85. The molecule has 0 amide bonds. The highest BCUT2D eigenvalue weighted by Crippen LogP contribution is 2.05. The molecule has 0 atom stereocenters. The van der Waals surface area contributed by atoms with E-state index in [-0.39, 0.29) is 84.1 Å². The molecule has 0 rings (SSSR count). The maximum Gasteiger partial charge on any atom is 0.333 e. The van der Waals surface area contributed by atoms with E-state index in [1.807, 2.05) is 13.1 Å². The summed E-state index contributed by atoms with van der Waals surface area (Å²) in [5, 5.41) is 8.78. The van der Waals surface area contributed by atoms with E-state index in [4.69, 9.17) is 51.9 Å². The Hall–Kier alpha value is -3.60. The Morgan fingerprint density at radius 2 is 0.786 bits per heavy atom. The highest BCUT2D eigenvalue weighted by Gasteiger charge is 2.23. The number of aliphatic hydroxyl groups is 1. The van der Waals surface area contributed by atoms with Crippen LogP contribution in [0.15, 0.2) is 24.3 Å². The Balaban J connectivity index is 0. The number of carbonyl (C=O) groups excluding carboxylic acids is 6. The lowest BCUT2D eigenvalue weighted by Crippen LogP contribution is -2.37. The fourth-order valence-electron chi connectivity index (χ4n) is 3.30. The lowest BCUT2D eigenvalue weighted by molar-refractivity contribution is -0.153. The minimum absolute atomic E-state index is 0.00147. The quantitative estimate of drug-likeness (QED) is 0.0235. The Morgan fingerprint density at radius 1 is 0.482 bits per heavy atom. The zero-order valence-electron chi connectivity index (χ0n) is 33.3. The van der Waals surface area contributed by atoms with Crippen molar-refractivity contribution >= 4 is 44.7 Å². The molecule has 0 bridgehead atoms. The van der Waals surface area contributed by atoms with Gasteiger partial charge in [-0.2, -0.15) is 0 Å². The molecule has 0 fully saturated rings. The molecule has 0 saturated heterocycles. The van der Waals surface area contributed by atoms with Crippen molar-refractivity contribution in [3.63, 3.8) is 0 Å². The van der Waals surface area contributed by atoms with Crippen molar-refractivity contribution in [2.75, 3.05) is 119 Å². The number of hydrogen-bond donors (Lipinski definition) is 1. The van der Waals surface area contributed by atoms with Crippen LogP contribution in [0.3, 0.4) is 0 Å². The van der Waals surface area contributed by atoms with Crippen molar-refractivity contribution in [2.24, 2.45) is 0 Å². The van der Waals surface area contributed by atoms with Crippen molar-refractivity contribution in [2.45, 2.75) is 52.6 Å². The summed E-state index contributed by atoms with van der Waals surface area (Å²) in [7, 11) is -2.20. The predicted molar refractivity (Wildman–Crippen MR) is 200 cm³/mol. The average molecular weight is 827 g/mol. The van der Waals surface area contributed by atoms with Gasteiger partial charge in [-0.3, -0.25) is 14.4 Å². The van der Waals surface area contributed by atoms with E-state index in [2.05, 4.69) is 22.6 Å². The van der Waals surface area contributed by atoms with Crippen LogP contribution in [0.4, 0.5) is 0 Å². The SMILES string of the molecule is C=C(C)C(=O)OCCOC(=O)CCC(=O)OCCOCCOCCOCCOCCOCCO[Si](C)(C)OCCO.C=C(C)C(=O)OCCOC(=O)CCC=O.